The van der Waals surface area contributed by atoms with E-state index < -0.39 is 0 Å². The first-order valence-electron chi connectivity index (χ1n) is 10.8. The second-order valence-electron chi connectivity index (χ2n) is 7.81. The summed E-state index contributed by atoms with van der Waals surface area (Å²) in [7, 11) is 3.58. The van der Waals surface area contributed by atoms with Crippen molar-refractivity contribution >= 4 is 49.9 Å². The third kappa shape index (κ3) is 4.34. The van der Waals surface area contributed by atoms with Crippen LogP contribution < -0.4 is 14.9 Å². The summed E-state index contributed by atoms with van der Waals surface area (Å²) < 4.78 is 14.6. The van der Waals surface area contributed by atoms with Crippen molar-refractivity contribution < 1.29 is 9.47 Å². The van der Waals surface area contributed by atoms with Gasteiger partial charge in [0.25, 0.3) is 0 Å². The predicted molar refractivity (Wildman–Crippen MR) is 141 cm³/mol. The Morgan fingerprint density at radius 1 is 1.03 bits per heavy atom. The Hall–Kier alpha value is -3.84. The molecule has 1 heterocycles. The Kier molecular flexibility index (Phi) is 6.18. The summed E-state index contributed by atoms with van der Waals surface area (Å²) in [5, 5.41) is 6.73. The fourth-order valence-corrected chi connectivity index (χ4v) is 4.51. The van der Waals surface area contributed by atoms with Crippen LogP contribution in [-0.2, 0) is 13.7 Å². The van der Waals surface area contributed by atoms with Crippen molar-refractivity contribution in [2.75, 3.05) is 12.5 Å². The number of hydrogen-bond acceptors (Lipinski definition) is 5. The molecule has 5 aromatic rings. The molecule has 0 bridgehead atoms. The fraction of sp³-hybridized carbons (Fsp3) is 0.111. The first kappa shape index (κ1) is 22.0. The molecule has 7 heteroatoms. The molecule has 0 fully saturated rings. The lowest BCUT2D eigenvalue weighted by Crippen LogP contribution is -2.01. The highest BCUT2D eigenvalue weighted by molar-refractivity contribution is 9.10. The number of aryl methyl sites for hydroxylation is 1. The quantitative estimate of drug-likeness (QED) is 0.198. The Morgan fingerprint density at radius 3 is 2.68 bits per heavy atom. The molecule has 34 heavy (non-hydrogen) atoms. The molecule has 170 valence electrons. The molecule has 0 aliphatic carbocycles. The summed E-state index contributed by atoms with van der Waals surface area (Å²) in [6, 6.07) is 26.3. The van der Waals surface area contributed by atoms with Crippen molar-refractivity contribution in [2.24, 2.45) is 12.1 Å². The molecule has 5 rings (SSSR count). The number of imidazole rings is 1. The van der Waals surface area contributed by atoms with Gasteiger partial charge >= 0.3 is 0 Å². The third-order valence-corrected chi connectivity index (χ3v) is 6.26. The van der Waals surface area contributed by atoms with Gasteiger partial charge < -0.3 is 14.0 Å². The first-order valence-corrected chi connectivity index (χ1v) is 11.6. The van der Waals surface area contributed by atoms with E-state index in [4.69, 9.17) is 9.47 Å². The van der Waals surface area contributed by atoms with Crippen LogP contribution >= 0.6 is 15.9 Å². The fourth-order valence-electron chi connectivity index (χ4n) is 3.93. The van der Waals surface area contributed by atoms with Crippen LogP contribution in [0.1, 0.15) is 11.1 Å². The number of hydrazone groups is 1. The monoisotopic (exact) mass is 514 g/mol. The van der Waals surface area contributed by atoms with Gasteiger partial charge in [-0.25, -0.2) is 10.4 Å². The summed E-state index contributed by atoms with van der Waals surface area (Å²) in [6.07, 6.45) is 1.72. The Morgan fingerprint density at radius 2 is 1.82 bits per heavy atom. The van der Waals surface area contributed by atoms with E-state index in [1.54, 1.807) is 13.3 Å². The summed E-state index contributed by atoms with van der Waals surface area (Å²) in [5.41, 5.74) is 6.94. The van der Waals surface area contributed by atoms with Crippen LogP contribution in [0.3, 0.4) is 0 Å². The molecule has 0 saturated heterocycles. The van der Waals surface area contributed by atoms with Gasteiger partial charge in [-0.2, -0.15) is 5.10 Å². The number of ether oxygens (including phenoxy) is 2. The van der Waals surface area contributed by atoms with E-state index in [-0.39, 0.29) is 0 Å². The number of benzene rings is 4. The molecule has 0 aliphatic heterocycles. The lowest BCUT2D eigenvalue weighted by molar-refractivity contribution is 0.283. The van der Waals surface area contributed by atoms with Gasteiger partial charge in [0.15, 0.2) is 11.5 Å². The highest BCUT2D eigenvalue weighted by atomic mass is 79.9. The van der Waals surface area contributed by atoms with E-state index in [0.717, 1.165) is 26.6 Å². The molecular weight excluding hydrogens is 492 g/mol. The standard InChI is InChI=1S/C27H23BrN4O2/c1-32-24-13-6-5-12-23(24)30-27(32)31-29-16-18-14-22(28)26(25(15-18)33-2)34-17-20-10-7-9-19-8-3-4-11-21(19)20/h3-16H,17H2,1-2H3,(H,30,31)/b29-16-. The van der Waals surface area contributed by atoms with Crippen LogP contribution in [0.15, 0.2) is 88.4 Å². The van der Waals surface area contributed by atoms with Crippen molar-refractivity contribution in [2.45, 2.75) is 6.61 Å². The van der Waals surface area contributed by atoms with E-state index in [2.05, 4.69) is 55.7 Å². The second kappa shape index (κ2) is 9.57. The van der Waals surface area contributed by atoms with Gasteiger partial charge in [-0.05, 0) is 62.1 Å². The van der Waals surface area contributed by atoms with Gasteiger partial charge in [0.05, 0.1) is 28.8 Å². The van der Waals surface area contributed by atoms with E-state index in [1.165, 1.54) is 10.8 Å². The van der Waals surface area contributed by atoms with Crippen LogP contribution in [0.25, 0.3) is 21.8 Å². The van der Waals surface area contributed by atoms with Gasteiger partial charge in [0.2, 0.25) is 5.95 Å². The van der Waals surface area contributed by atoms with Gasteiger partial charge in [0, 0.05) is 7.05 Å². The Bertz CT molecular complexity index is 1500. The van der Waals surface area contributed by atoms with Crippen molar-refractivity contribution in [3.05, 3.63) is 94.5 Å². The number of fused-ring (bicyclic) bond motifs is 2. The highest BCUT2D eigenvalue weighted by Gasteiger charge is 2.13. The molecule has 0 radical (unpaired) electrons. The summed E-state index contributed by atoms with van der Waals surface area (Å²) in [5.74, 6) is 1.94. The molecule has 0 atom stereocenters. The molecule has 1 N–H and O–H groups in total. The molecule has 0 spiro atoms. The SMILES string of the molecule is COc1cc(/C=N\Nc2nc3ccccc3n2C)cc(Br)c1OCc1cccc2ccccc12. The lowest BCUT2D eigenvalue weighted by atomic mass is 10.1. The zero-order valence-electron chi connectivity index (χ0n) is 18.8. The zero-order valence-corrected chi connectivity index (χ0v) is 20.4. The van der Waals surface area contributed by atoms with Gasteiger partial charge in [-0.1, -0.05) is 54.6 Å². The summed E-state index contributed by atoms with van der Waals surface area (Å²) in [6.45, 7) is 0.429. The van der Waals surface area contributed by atoms with E-state index in [0.29, 0.717) is 24.1 Å². The molecule has 0 saturated carbocycles. The van der Waals surface area contributed by atoms with Crippen LogP contribution in [0.4, 0.5) is 5.95 Å². The van der Waals surface area contributed by atoms with Crippen LogP contribution in [0, 0.1) is 0 Å². The topological polar surface area (TPSA) is 60.7 Å². The minimum absolute atomic E-state index is 0.429. The molecule has 0 amide bonds. The largest absolute Gasteiger partial charge is 0.493 e. The Labute approximate surface area is 206 Å². The molecule has 6 nitrogen and oxygen atoms in total. The minimum Gasteiger partial charge on any atom is -0.493 e. The first-order chi connectivity index (χ1) is 16.6. The van der Waals surface area contributed by atoms with Crippen molar-refractivity contribution in [3.63, 3.8) is 0 Å². The number of hydrogen-bond donors (Lipinski definition) is 1. The van der Waals surface area contributed by atoms with Crippen LogP contribution in [0.5, 0.6) is 11.5 Å². The number of rotatable bonds is 7. The smallest absolute Gasteiger partial charge is 0.224 e. The van der Waals surface area contributed by atoms with E-state index >= 15 is 0 Å². The number of nitrogens with zero attached hydrogens (tertiary/aromatic N) is 3. The van der Waals surface area contributed by atoms with Crippen molar-refractivity contribution in [3.8, 4) is 11.5 Å². The number of anilines is 1. The highest BCUT2D eigenvalue weighted by Crippen LogP contribution is 2.37. The lowest BCUT2D eigenvalue weighted by Gasteiger charge is -2.14. The second-order valence-corrected chi connectivity index (χ2v) is 8.67. The molecule has 4 aromatic carbocycles. The zero-order chi connectivity index (χ0) is 23.5. The van der Waals surface area contributed by atoms with E-state index in [9.17, 15) is 0 Å². The third-order valence-electron chi connectivity index (χ3n) is 5.67. The predicted octanol–water partition coefficient (Wildman–Crippen LogP) is 6.52. The van der Waals surface area contributed by atoms with E-state index in [1.807, 2.05) is 66.2 Å². The van der Waals surface area contributed by atoms with Crippen molar-refractivity contribution in [1.82, 2.24) is 9.55 Å². The maximum absolute atomic E-state index is 6.19. The molecular formula is C27H23BrN4O2. The number of para-hydroxylation sites is 2. The number of halogens is 1. The number of nitrogens with one attached hydrogen (secondary N) is 1. The normalized spacial score (nSPS) is 11.4. The van der Waals surface area contributed by atoms with Gasteiger partial charge in [-0.3, -0.25) is 0 Å². The van der Waals surface area contributed by atoms with Crippen molar-refractivity contribution in [1.29, 1.82) is 0 Å². The average molecular weight is 515 g/mol. The maximum Gasteiger partial charge on any atom is 0.224 e. The van der Waals surface area contributed by atoms with Crippen LogP contribution in [-0.4, -0.2) is 22.9 Å². The number of aromatic nitrogens is 2. The summed E-state index contributed by atoms with van der Waals surface area (Å²) >= 11 is 3.63. The van der Waals surface area contributed by atoms with Gasteiger partial charge in [0.1, 0.15) is 6.61 Å². The van der Waals surface area contributed by atoms with Gasteiger partial charge in [-0.15, -0.1) is 0 Å². The average Bonchev–Trinajstić information content (AvgIpc) is 3.18. The molecule has 0 aliphatic rings. The molecule has 1 aromatic heterocycles. The Balaban J connectivity index is 1.34. The summed E-state index contributed by atoms with van der Waals surface area (Å²) in [4.78, 5) is 4.57. The molecule has 0 unspecified atom stereocenters. The number of methoxy groups -OCH3 is 1. The maximum atomic E-state index is 6.19. The van der Waals surface area contributed by atoms with Crippen LogP contribution in [0.2, 0.25) is 0 Å². The minimum atomic E-state index is 0.429.